The van der Waals surface area contributed by atoms with Gasteiger partial charge in [-0.15, -0.1) is 0 Å². The maximum atomic E-state index is 12.8. The zero-order chi connectivity index (χ0) is 17.3. The van der Waals surface area contributed by atoms with Crippen molar-refractivity contribution in [3.63, 3.8) is 0 Å². The van der Waals surface area contributed by atoms with Crippen LogP contribution in [0.2, 0.25) is 0 Å². The van der Waals surface area contributed by atoms with Crippen LogP contribution < -0.4 is 0 Å². The largest absolute Gasteiger partial charge is 0.341 e. The Labute approximate surface area is 147 Å². The van der Waals surface area contributed by atoms with Gasteiger partial charge in [0.25, 0.3) is 0 Å². The van der Waals surface area contributed by atoms with E-state index in [0.29, 0.717) is 22.4 Å². The van der Waals surface area contributed by atoms with Gasteiger partial charge in [-0.3, -0.25) is 14.5 Å². The van der Waals surface area contributed by atoms with Gasteiger partial charge in [0.1, 0.15) is 6.54 Å². The number of benzene rings is 1. The third-order valence-corrected chi connectivity index (χ3v) is 4.89. The van der Waals surface area contributed by atoms with Crippen LogP contribution in [0, 0.1) is 23.5 Å². The van der Waals surface area contributed by atoms with Crippen LogP contribution in [0.1, 0.15) is 25.8 Å². The molecule has 24 heavy (non-hydrogen) atoms. The highest BCUT2D eigenvalue weighted by Crippen LogP contribution is 2.22. The number of nitrogens with zero attached hydrogens (tertiary/aromatic N) is 3. The normalized spacial score (nSPS) is 21.0. The fourth-order valence-corrected chi connectivity index (χ4v) is 3.69. The zero-order valence-corrected chi connectivity index (χ0v) is 15.3. The van der Waals surface area contributed by atoms with Crippen molar-refractivity contribution in [2.24, 2.45) is 11.8 Å². The Morgan fingerprint density at radius 2 is 1.88 bits per heavy atom. The number of piperidine rings is 1. The van der Waals surface area contributed by atoms with Gasteiger partial charge in [0, 0.05) is 18.7 Å². The molecule has 1 fully saturated rings. The number of aromatic amines is 1. The zero-order valence-electron chi connectivity index (χ0n) is 14.5. The van der Waals surface area contributed by atoms with Crippen molar-refractivity contribution in [1.29, 1.82) is 0 Å². The minimum Gasteiger partial charge on any atom is -0.341 e. The molecule has 1 aromatic carbocycles. The topological polar surface area (TPSA) is 53.9 Å². The van der Waals surface area contributed by atoms with E-state index in [1.54, 1.807) is 4.57 Å². The first-order valence-corrected chi connectivity index (χ1v) is 8.85. The fraction of sp³-hybridized carbons (Fsp3) is 0.500. The van der Waals surface area contributed by atoms with Gasteiger partial charge in [0.15, 0.2) is 10.6 Å². The summed E-state index contributed by atoms with van der Waals surface area (Å²) >= 11 is 5.34. The van der Waals surface area contributed by atoms with E-state index >= 15 is 0 Å². The molecule has 5 nitrogen and oxygen atoms in total. The molecule has 3 rings (SSSR count). The SMILES string of the molecule is Cc1ccc(-c2n[nH]c(=S)n2CC(=O)N2C[C@H](C)C[C@@H](C)C2)cc1. The maximum Gasteiger partial charge on any atom is 0.242 e. The molecule has 128 valence electrons. The summed E-state index contributed by atoms with van der Waals surface area (Å²) in [6.45, 7) is 8.35. The van der Waals surface area contributed by atoms with E-state index in [0.717, 1.165) is 18.7 Å². The molecule has 0 aliphatic carbocycles. The summed E-state index contributed by atoms with van der Waals surface area (Å²) in [7, 11) is 0. The van der Waals surface area contributed by atoms with Crippen molar-refractivity contribution < 1.29 is 4.79 Å². The number of nitrogens with one attached hydrogen (secondary N) is 1. The Balaban J connectivity index is 1.82. The van der Waals surface area contributed by atoms with Crippen LogP contribution in [0.4, 0.5) is 0 Å². The van der Waals surface area contributed by atoms with Gasteiger partial charge >= 0.3 is 0 Å². The summed E-state index contributed by atoms with van der Waals surface area (Å²) in [5, 5.41) is 7.14. The van der Waals surface area contributed by atoms with Crippen molar-refractivity contribution >= 4 is 18.1 Å². The third kappa shape index (κ3) is 3.59. The highest BCUT2D eigenvalue weighted by atomic mass is 32.1. The molecular weight excluding hydrogens is 320 g/mol. The van der Waals surface area contributed by atoms with Gasteiger partial charge in [-0.05, 0) is 37.4 Å². The minimum absolute atomic E-state index is 0.110. The number of hydrogen-bond acceptors (Lipinski definition) is 3. The molecule has 1 saturated heterocycles. The molecule has 1 aromatic heterocycles. The summed E-state index contributed by atoms with van der Waals surface area (Å²) in [6, 6.07) is 8.08. The van der Waals surface area contributed by atoms with Gasteiger partial charge < -0.3 is 4.90 Å². The fourth-order valence-electron chi connectivity index (χ4n) is 3.49. The molecule has 2 atom stereocenters. The van der Waals surface area contributed by atoms with Gasteiger partial charge in [-0.2, -0.15) is 5.10 Å². The number of aromatic nitrogens is 3. The average Bonchev–Trinajstić information content (AvgIpc) is 2.88. The lowest BCUT2D eigenvalue weighted by atomic mass is 9.92. The molecule has 6 heteroatoms. The molecule has 0 saturated carbocycles. The summed E-state index contributed by atoms with van der Waals surface area (Å²) in [5.74, 6) is 1.92. The number of rotatable bonds is 3. The number of carbonyl (C=O) groups is 1. The van der Waals surface area contributed by atoms with Crippen LogP contribution >= 0.6 is 12.2 Å². The predicted molar refractivity (Wildman–Crippen MR) is 97.1 cm³/mol. The van der Waals surface area contributed by atoms with Gasteiger partial charge in [0.2, 0.25) is 5.91 Å². The molecule has 0 radical (unpaired) electrons. The number of aryl methyl sites for hydroxylation is 1. The van der Waals surface area contributed by atoms with Crippen LogP contribution in [0.25, 0.3) is 11.4 Å². The van der Waals surface area contributed by atoms with Gasteiger partial charge in [-0.25, -0.2) is 0 Å². The van der Waals surface area contributed by atoms with Gasteiger partial charge in [-0.1, -0.05) is 43.7 Å². The molecule has 2 aromatic rings. The molecule has 1 aliphatic rings. The first-order valence-electron chi connectivity index (χ1n) is 8.44. The second-order valence-electron chi connectivity index (χ2n) is 7.05. The van der Waals surface area contributed by atoms with Crippen molar-refractivity contribution in [3.8, 4) is 11.4 Å². The number of H-pyrrole nitrogens is 1. The van der Waals surface area contributed by atoms with Crippen molar-refractivity contribution in [2.75, 3.05) is 13.1 Å². The van der Waals surface area contributed by atoms with Crippen LogP contribution in [-0.4, -0.2) is 38.7 Å². The highest BCUT2D eigenvalue weighted by molar-refractivity contribution is 7.71. The van der Waals surface area contributed by atoms with E-state index in [-0.39, 0.29) is 12.5 Å². The van der Waals surface area contributed by atoms with E-state index in [4.69, 9.17) is 12.2 Å². The van der Waals surface area contributed by atoms with E-state index in [2.05, 4.69) is 24.0 Å². The van der Waals surface area contributed by atoms with E-state index in [1.165, 1.54) is 12.0 Å². The van der Waals surface area contributed by atoms with E-state index in [1.807, 2.05) is 36.1 Å². The number of amides is 1. The second-order valence-corrected chi connectivity index (χ2v) is 7.44. The lowest BCUT2D eigenvalue weighted by molar-refractivity contribution is -0.134. The quantitative estimate of drug-likeness (QED) is 0.868. The standard InChI is InChI=1S/C18H24N4OS/c1-12-4-6-15(7-5-12)17-19-20-18(24)22(17)11-16(23)21-9-13(2)8-14(3)10-21/h4-7,13-14H,8-11H2,1-3H3,(H,20,24)/t13-,14-/m1/s1. The lowest BCUT2D eigenvalue weighted by Crippen LogP contribution is -2.44. The van der Waals surface area contributed by atoms with Crippen LogP contribution in [-0.2, 0) is 11.3 Å². The Morgan fingerprint density at radius 1 is 1.25 bits per heavy atom. The molecule has 0 bridgehead atoms. The third-order valence-electron chi connectivity index (χ3n) is 4.58. The predicted octanol–water partition coefficient (Wildman–Crippen LogP) is 3.42. The van der Waals surface area contributed by atoms with E-state index in [9.17, 15) is 4.79 Å². The molecule has 1 N–H and O–H groups in total. The number of hydrogen-bond donors (Lipinski definition) is 1. The molecule has 2 heterocycles. The van der Waals surface area contributed by atoms with Crippen LogP contribution in [0.5, 0.6) is 0 Å². The lowest BCUT2D eigenvalue weighted by Gasteiger charge is -2.35. The highest BCUT2D eigenvalue weighted by Gasteiger charge is 2.26. The molecule has 0 spiro atoms. The first kappa shape index (κ1) is 16.9. The Bertz CT molecular complexity index is 767. The minimum atomic E-state index is 0.110. The number of carbonyl (C=O) groups excluding carboxylic acids is 1. The van der Waals surface area contributed by atoms with Crippen molar-refractivity contribution in [1.82, 2.24) is 19.7 Å². The van der Waals surface area contributed by atoms with E-state index < -0.39 is 0 Å². The molecule has 0 unspecified atom stereocenters. The Morgan fingerprint density at radius 3 is 2.50 bits per heavy atom. The smallest absolute Gasteiger partial charge is 0.242 e. The first-order chi connectivity index (χ1) is 11.4. The number of likely N-dealkylation sites (tertiary alicyclic amines) is 1. The molecule has 1 aliphatic heterocycles. The Kier molecular flexibility index (Phi) is 4.85. The maximum absolute atomic E-state index is 12.8. The summed E-state index contributed by atoms with van der Waals surface area (Å²) in [4.78, 5) is 14.7. The summed E-state index contributed by atoms with van der Waals surface area (Å²) in [6.07, 6.45) is 1.18. The summed E-state index contributed by atoms with van der Waals surface area (Å²) in [5.41, 5.74) is 2.15. The summed E-state index contributed by atoms with van der Waals surface area (Å²) < 4.78 is 2.28. The monoisotopic (exact) mass is 344 g/mol. The van der Waals surface area contributed by atoms with Gasteiger partial charge in [0.05, 0.1) is 0 Å². The second kappa shape index (κ2) is 6.89. The van der Waals surface area contributed by atoms with Crippen molar-refractivity contribution in [3.05, 3.63) is 34.6 Å². The Hall–Kier alpha value is -1.95. The molecule has 1 amide bonds. The van der Waals surface area contributed by atoms with Crippen molar-refractivity contribution in [2.45, 2.75) is 33.7 Å². The van der Waals surface area contributed by atoms with Crippen LogP contribution in [0.15, 0.2) is 24.3 Å². The molecular formula is C18H24N4OS. The average molecular weight is 344 g/mol. The van der Waals surface area contributed by atoms with Crippen LogP contribution in [0.3, 0.4) is 0 Å².